The monoisotopic (exact) mass is 420 g/mol. The summed E-state index contributed by atoms with van der Waals surface area (Å²) < 4.78 is 0. The van der Waals surface area contributed by atoms with Gasteiger partial charge in [-0.3, -0.25) is 0 Å². The van der Waals surface area contributed by atoms with Crippen molar-refractivity contribution in [2.24, 2.45) is 46.3 Å². The second kappa shape index (κ2) is 8.03. The van der Waals surface area contributed by atoms with Gasteiger partial charge in [-0.25, -0.2) is 0 Å². The number of aliphatic hydroxyl groups is 3. The van der Waals surface area contributed by atoms with E-state index in [-0.39, 0.29) is 5.41 Å². The van der Waals surface area contributed by atoms with Gasteiger partial charge >= 0.3 is 0 Å². The Morgan fingerprint density at radius 3 is 2.33 bits per heavy atom. The highest BCUT2D eigenvalue weighted by atomic mass is 16.3. The molecule has 0 aromatic carbocycles. The third kappa shape index (κ3) is 3.41. The van der Waals surface area contributed by atoms with E-state index in [9.17, 15) is 15.3 Å². The lowest BCUT2D eigenvalue weighted by atomic mass is 9.42. The molecule has 0 aromatic heterocycles. The second-order valence-electron chi connectivity index (χ2n) is 12.9. The maximum absolute atomic E-state index is 11.6. The summed E-state index contributed by atoms with van der Waals surface area (Å²) in [5.74, 6) is 4.13. The average molecular weight is 421 g/mol. The van der Waals surface area contributed by atoms with E-state index >= 15 is 0 Å². The number of rotatable bonds is 5. The van der Waals surface area contributed by atoms with E-state index in [1.807, 2.05) is 0 Å². The molecule has 0 heterocycles. The minimum absolute atomic E-state index is 0.253. The standard InChI is InChI=1S/C27H48O3/c1-17(2)7-6-8-18(3)21-9-10-22-20-15-24(29)27(30)16-19(28)11-14-26(27,5)23(20)12-13-25(21,22)4/h17-24,28-30H,6-16H2,1-5H3/t18-,19+,20-,21-,22-,23-,24-,25-,26-,27+/m1/s1. The van der Waals surface area contributed by atoms with Gasteiger partial charge in [-0.2, -0.15) is 0 Å². The zero-order chi connectivity index (χ0) is 21.9. The van der Waals surface area contributed by atoms with Crippen LogP contribution >= 0.6 is 0 Å². The highest BCUT2D eigenvalue weighted by Crippen LogP contribution is 2.69. The van der Waals surface area contributed by atoms with Crippen LogP contribution in [-0.4, -0.2) is 33.1 Å². The van der Waals surface area contributed by atoms with Crippen LogP contribution in [0.5, 0.6) is 0 Å². The summed E-state index contributed by atoms with van der Waals surface area (Å²) in [4.78, 5) is 0. The van der Waals surface area contributed by atoms with E-state index < -0.39 is 17.8 Å². The molecule has 4 aliphatic rings. The SMILES string of the molecule is CC(C)CCC[C@@H](C)[C@H]1CC[C@@H]2[C@H]3C[C@@H](O)[C@@]4(O)C[C@@H](O)CC[C@]4(C)[C@@H]3CC[C@@]21C. The van der Waals surface area contributed by atoms with Crippen molar-refractivity contribution in [3.8, 4) is 0 Å². The van der Waals surface area contributed by atoms with Gasteiger partial charge in [-0.05, 0) is 85.9 Å². The van der Waals surface area contributed by atoms with E-state index in [2.05, 4.69) is 34.6 Å². The van der Waals surface area contributed by atoms with E-state index in [1.54, 1.807) is 0 Å². The molecule has 0 unspecified atom stereocenters. The molecule has 3 heteroatoms. The molecule has 0 bridgehead atoms. The van der Waals surface area contributed by atoms with Crippen LogP contribution in [0, 0.1) is 46.3 Å². The number of hydrogen-bond acceptors (Lipinski definition) is 3. The van der Waals surface area contributed by atoms with Crippen molar-refractivity contribution in [1.29, 1.82) is 0 Å². The van der Waals surface area contributed by atoms with Crippen LogP contribution in [0.1, 0.15) is 105 Å². The first-order chi connectivity index (χ1) is 14.0. The van der Waals surface area contributed by atoms with Gasteiger partial charge in [0.05, 0.1) is 17.8 Å². The van der Waals surface area contributed by atoms with Gasteiger partial charge < -0.3 is 15.3 Å². The molecular formula is C27H48O3. The molecule has 0 aliphatic heterocycles. The largest absolute Gasteiger partial charge is 0.393 e. The maximum atomic E-state index is 11.6. The summed E-state index contributed by atoms with van der Waals surface area (Å²) in [7, 11) is 0. The van der Waals surface area contributed by atoms with Crippen LogP contribution in [0.2, 0.25) is 0 Å². The van der Waals surface area contributed by atoms with Crippen molar-refractivity contribution in [2.45, 2.75) is 123 Å². The molecule has 0 amide bonds. The van der Waals surface area contributed by atoms with Gasteiger partial charge in [0.1, 0.15) is 0 Å². The van der Waals surface area contributed by atoms with Crippen LogP contribution in [0.4, 0.5) is 0 Å². The first-order valence-corrected chi connectivity index (χ1v) is 13.1. The Morgan fingerprint density at radius 1 is 0.900 bits per heavy atom. The predicted octanol–water partition coefficient (Wildman–Crippen LogP) is 5.55. The van der Waals surface area contributed by atoms with Crippen molar-refractivity contribution in [3.63, 3.8) is 0 Å². The van der Waals surface area contributed by atoms with Gasteiger partial charge in [-0.15, -0.1) is 0 Å². The van der Waals surface area contributed by atoms with Crippen LogP contribution in [-0.2, 0) is 0 Å². The molecule has 4 aliphatic carbocycles. The maximum Gasteiger partial charge on any atom is 0.0985 e. The molecule has 4 saturated carbocycles. The fourth-order valence-electron chi connectivity index (χ4n) is 9.29. The molecule has 0 spiro atoms. The molecule has 174 valence electrons. The summed E-state index contributed by atoms with van der Waals surface area (Å²) in [5.41, 5.74) is -0.962. The lowest BCUT2D eigenvalue weighted by molar-refractivity contribution is -0.264. The fraction of sp³-hybridized carbons (Fsp3) is 1.00. The predicted molar refractivity (Wildman–Crippen MR) is 122 cm³/mol. The Balaban J connectivity index is 1.53. The summed E-state index contributed by atoms with van der Waals surface area (Å²) in [6.45, 7) is 12.0. The molecule has 3 N–H and O–H groups in total. The smallest absolute Gasteiger partial charge is 0.0985 e. The highest BCUT2D eigenvalue weighted by Gasteiger charge is 2.67. The zero-order valence-electron chi connectivity index (χ0n) is 20.2. The summed E-state index contributed by atoms with van der Waals surface area (Å²) in [6.07, 6.45) is 10.7. The zero-order valence-corrected chi connectivity index (χ0v) is 20.2. The first-order valence-electron chi connectivity index (χ1n) is 13.1. The minimum atomic E-state index is -1.11. The van der Waals surface area contributed by atoms with Gasteiger partial charge in [0.15, 0.2) is 0 Å². The second-order valence-corrected chi connectivity index (χ2v) is 12.9. The Morgan fingerprint density at radius 2 is 1.63 bits per heavy atom. The van der Waals surface area contributed by atoms with Crippen LogP contribution in [0.15, 0.2) is 0 Å². The van der Waals surface area contributed by atoms with E-state index in [1.165, 1.54) is 44.9 Å². The van der Waals surface area contributed by atoms with Crippen molar-refractivity contribution < 1.29 is 15.3 Å². The van der Waals surface area contributed by atoms with Gasteiger partial charge in [0.25, 0.3) is 0 Å². The van der Waals surface area contributed by atoms with Crippen molar-refractivity contribution in [3.05, 3.63) is 0 Å². The Hall–Kier alpha value is -0.120. The topological polar surface area (TPSA) is 60.7 Å². The third-order valence-electron chi connectivity index (χ3n) is 11.0. The number of fused-ring (bicyclic) bond motifs is 5. The average Bonchev–Trinajstić information content (AvgIpc) is 3.01. The summed E-state index contributed by atoms with van der Waals surface area (Å²) in [6, 6.07) is 0. The Kier molecular flexibility index (Phi) is 6.17. The van der Waals surface area contributed by atoms with Crippen molar-refractivity contribution in [2.75, 3.05) is 0 Å². The van der Waals surface area contributed by atoms with Gasteiger partial charge in [-0.1, -0.05) is 53.9 Å². The van der Waals surface area contributed by atoms with Crippen molar-refractivity contribution >= 4 is 0 Å². The fourth-order valence-corrected chi connectivity index (χ4v) is 9.29. The van der Waals surface area contributed by atoms with E-state index in [0.717, 1.165) is 37.0 Å². The molecule has 4 rings (SSSR count). The lowest BCUT2D eigenvalue weighted by Crippen LogP contribution is -2.68. The molecule has 30 heavy (non-hydrogen) atoms. The Bertz CT molecular complexity index is 619. The van der Waals surface area contributed by atoms with E-state index in [0.29, 0.717) is 29.6 Å². The highest BCUT2D eigenvalue weighted by molar-refractivity contribution is 5.17. The third-order valence-corrected chi connectivity index (χ3v) is 11.0. The normalized spacial score (nSPS) is 51.9. The van der Waals surface area contributed by atoms with E-state index in [4.69, 9.17) is 0 Å². The molecule has 3 nitrogen and oxygen atoms in total. The number of hydrogen-bond donors (Lipinski definition) is 3. The van der Waals surface area contributed by atoms with Gasteiger partial charge in [0, 0.05) is 11.8 Å². The molecular weight excluding hydrogens is 372 g/mol. The van der Waals surface area contributed by atoms with Crippen LogP contribution in [0.25, 0.3) is 0 Å². The summed E-state index contributed by atoms with van der Waals surface area (Å²) in [5, 5.41) is 33.0. The molecule has 0 saturated heterocycles. The molecule has 0 aromatic rings. The first kappa shape index (κ1) is 23.1. The van der Waals surface area contributed by atoms with Crippen molar-refractivity contribution in [1.82, 2.24) is 0 Å². The van der Waals surface area contributed by atoms with Crippen LogP contribution in [0.3, 0.4) is 0 Å². The van der Waals surface area contributed by atoms with Crippen LogP contribution < -0.4 is 0 Å². The molecule has 0 radical (unpaired) electrons. The minimum Gasteiger partial charge on any atom is -0.393 e. The quantitative estimate of drug-likeness (QED) is 0.546. The number of aliphatic hydroxyl groups excluding tert-OH is 2. The lowest BCUT2D eigenvalue weighted by Gasteiger charge is -2.65. The Labute approximate surface area is 185 Å². The summed E-state index contributed by atoms with van der Waals surface area (Å²) >= 11 is 0. The molecule has 10 atom stereocenters. The molecule has 4 fully saturated rings. The van der Waals surface area contributed by atoms with Gasteiger partial charge in [0.2, 0.25) is 0 Å².